The smallest absolute Gasteiger partial charge is 0.305 e. The monoisotopic (exact) mass is 565 g/mol. The number of allylic oxidation sites excluding steroid dienone is 6. The number of carbonyl (C=O) groups excluding carboxylic acids is 2. The van der Waals surface area contributed by atoms with Crippen LogP contribution in [0.4, 0.5) is 0 Å². The number of aliphatic hydroxyl groups is 1. The van der Waals surface area contributed by atoms with E-state index in [9.17, 15) is 14.4 Å². The Morgan fingerprint density at radius 2 is 1.84 bits per heavy atom. The van der Waals surface area contributed by atoms with Crippen LogP contribution in [0.2, 0.25) is 0 Å². The van der Waals surface area contributed by atoms with Crippen molar-refractivity contribution in [1.29, 1.82) is 0 Å². The Hall–Kier alpha value is -2.58. The van der Waals surface area contributed by atoms with Crippen molar-refractivity contribution in [2.24, 2.45) is 5.92 Å². The Bertz CT molecular complexity index is 958. The number of carboxylic acid groups (broad SMARTS) is 1. The van der Waals surface area contributed by atoms with E-state index in [1.807, 2.05) is 52.0 Å². The van der Waals surface area contributed by atoms with Gasteiger partial charge < -0.3 is 15.5 Å². The number of Topliss-reactive ketones (excluding diaryl/α,β-unsaturated/α-hetero) is 1. The van der Waals surface area contributed by atoms with Gasteiger partial charge in [0.15, 0.2) is 5.78 Å². The first kappa shape index (κ1) is 37.6. The Balaban J connectivity index is 0. The third kappa shape index (κ3) is 17.8. The molecule has 1 amide bonds. The maximum atomic E-state index is 11.8. The summed E-state index contributed by atoms with van der Waals surface area (Å²) in [5.74, 6) is -0.696. The van der Waals surface area contributed by atoms with Gasteiger partial charge in [-0.25, -0.2) is 0 Å². The topological polar surface area (TPSA) is 104 Å². The van der Waals surface area contributed by atoms with Gasteiger partial charge in [-0.05, 0) is 76.0 Å². The van der Waals surface area contributed by atoms with Crippen LogP contribution in [-0.4, -0.2) is 40.7 Å². The van der Waals surface area contributed by atoms with Crippen LogP contribution in [0.25, 0.3) is 0 Å². The van der Waals surface area contributed by atoms with Crippen molar-refractivity contribution in [2.45, 2.75) is 80.6 Å². The van der Waals surface area contributed by atoms with Crippen molar-refractivity contribution in [3.8, 4) is 0 Å². The van der Waals surface area contributed by atoms with E-state index < -0.39 is 5.97 Å². The number of carbonyl (C=O) groups is 3. The Morgan fingerprint density at radius 3 is 2.32 bits per heavy atom. The van der Waals surface area contributed by atoms with E-state index in [0.29, 0.717) is 10.8 Å². The third-order valence-electron chi connectivity index (χ3n) is 5.38. The van der Waals surface area contributed by atoms with Gasteiger partial charge in [-0.3, -0.25) is 14.4 Å². The molecule has 214 valence electrons. The molecule has 1 unspecified atom stereocenters. The number of thioether (sulfide) groups is 1. The molecule has 1 aromatic heterocycles. The number of carboxylic acids is 1. The molecule has 38 heavy (non-hydrogen) atoms. The molecule has 3 N–H and O–H groups in total. The molecule has 1 atom stereocenters. The quantitative estimate of drug-likeness (QED) is 0.0691. The van der Waals surface area contributed by atoms with Gasteiger partial charge in [0.1, 0.15) is 0 Å². The molecule has 0 aliphatic heterocycles. The van der Waals surface area contributed by atoms with Crippen molar-refractivity contribution >= 4 is 40.8 Å². The van der Waals surface area contributed by atoms with E-state index in [1.54, 1.807) is 30.6 Å². The molecule has 0 aliphatic rings. The molecular weight excluding hydrogens is 518 g/mol. The average molecular weight is 566 g/mol. The van der Waals surface area contributed by atoms with Crippen LogP contribution in [0.3, 0.4) is 0 Å². The molecule has 1 aromatic rings. The van der Waals surface area contributed by atoms with Gasteiger partial charge in [0.2, 0.25) is 0 Å². The number of rotatable bonds is 14. The van der Waals surface area contributed by atoms with E-state index in [4.69, 9.17) is 10.2 Å². The van der Waals surface area contributed by atoms with E-state index in [2.05, 4.69) is 25.2 Å². The predicted octanol–water partition coefficient (Wildman–Crippen LogP) is 8.13. The Labute approximate surface area is 238 Å². The highest BCUT2D eigenvalue weighted by Gasteiger charge is 2.08. The van der Waals surface area contributed by atoms with Crippen LogP contribution in [0.15, 0.2) is 58.8 Å². The molecule has 0 radical (unpaired) electrons. The largest absolute Gasteiger partial charge is 0.516 e. The molecule has 0 saturated heterocycles. The van der Waals surface area contributed by atoms with Crippen molar-refractivity contribution in [2.75, 3.05) is 12.8 Å². The number of hydrogen-bond acceptors (Lipinski definition) is 6. The van der Waals surface area contributed by atoms with E-state index in [-0.39, 0.29) is 24.7 Å². The Morgan fingerprint density at radius 1 is 1.18 bits per heavy atom. The first-order chi connectivity index (χ1) is 18.1. The maximum Gasteiger partial charge on any atom is 0.305 e. The number of ketones is 1. The second-order valence-corrected chi connectivity index (χ2v) is 10.2. The van der Waals surface area contributed by atoms with Crippen molar-refractivity contribution in [3.63, 3.8) is 0 Å². The molecule has 0 spiro atoms. The first-order valence-corrected chi connectivity index (χ1v) is 15.1. The van der Waals surface area contributed by atoms with E-state index >= 15 is 0 Å². The summed E-state index contributed by atoms with van der Waals surface area (Å²) in [6, 6.07) is 3.94. The minimum absolute atomic E-state index is 0.0841. The summed E-state index contributed by atoms with van der Waals surface area (Å²) in [7, 11) is 0. The number of hydrogen-bond donors (Lipinski definition) is 3. The molecule has 8 heteroatoms. The van der Waals surface area contributed by atoms with Gasteiger partial charge >= 0.3 is 5.97 Å². The first-order valence-electron chi connectivity index (χ1n) is 13.0. The highest BCUT2D eigenvalue weighted by Crippen LogP contribution is 2.20. The fraction of sp³-hybridized carbons (Fsp3) is 0.500. The summed E-state index contributed by atoms with van der Waals surface area (Å²) in [5.41, 5.74) is 2.38. The van der Waals surface area contributed by atoms with E-state index in [1.165, 1.54) is 28.5 Å². The standard InChI is InChI=1S/C17H27NO4S.C11H14OS.C2H6/c1-4-14(12-19)13(2)8-6-5-7-9-15(23-3)17(22)18-11-10-16(20)21;1-4-8(2)7-10-5-6-11(13-10)9(3)12;1-2/h5,7,9,12-13,19H,4,6,8,10-11H2,1-3H3,(H,18,22)(H,20,21);4-6H,7H2,1-3H3;1-2H3/b7-5+,14-12-,15-9-;8-4-;. The van der Waals surface area contributed by atoms with Crippen LogP contribution >= 0.6 is 23.1 Å². The number of aliphatic hydroxyl groups excluding tert-OH is 1. The highest BCUT2D eigenvalue weighted by molar-refractivity contribution is 8.03. The van der Waals surface area contributed by atoms with Gasteiger partial charge in [-0.1, -0.05) is 51.5 Å². The number of amides is 1. The lowest BCUT2D eigenvalue weighted by molar-refractivity contribution is -0.136. The maximum absolute atomic E-state index is 11.8. The second kappa shape index (κ2) is 23.5. The van der Waals surface area contributed by atoms with Gasteiger partial charge in [0, 0.05) is 17.8 Å². The van der Waals surface area contributed by atoms with Crippen LogP contribution < -0.4 is 5.32 Å². The lowest BCUT2D eigenvalue weighted by atomic mass is 9.95. The summed E-state index contributed by atoms with van der Waals surface area (Å²) in [5, 5.41) is 20.2. The minimum Gasteiger partial charge on any atom is -0.516 e. The molecule has 0 aromatic carbocycles. The summed E-state index contributed by atoms with van der Waals surface area (Å²) in [6.45, 7) is 14.0. The fourth-order valence-electron chi connectivity index (χ4n) is 3.00. The highest BCUT2D eigenvalue weighted by atomic mass is 32.2. The van der Waals surface area contributed by atoms with Crippen molar-refractivity contribution in [1.82, 2.24) is 5.32 Å². The number of aliphatic carboxylic acids is 1. The summed E-state index contributed by atoms with van der Waals surface area (Å²) >= 11 is 2.92. The average Bonchev–Trinajstić information content (AvgIpc) is 3.37. The molecule has 0 bridgehead atoms. The fourth-order valence-corrected chi connectivity index (χ4v) is 4.47. The van der Waals surface area contributed by atoms with Crippen LogP contribution in [0.5, 0.6) is 0 Å². The summed E-state index contributed by atoms with van der Waals surface area (Å²) in [4.78, 5) is 35.9. The van der Waals surface area contributed by atoms with Crippen molar-refractivity contribution in [3.05, 3.63) is 68.5 Å². The molecule has 6 nitrogen and oxygen atoms in total. The SMILES string of the molecule is C/C=C(/C)Cc1ccc(C(C)=O)s1.CC.CC/C(=C/O)C(C)CC/C=C/C=C(\SC)C(=O)NCCC(=O)O. The lowest BCUT2D eigenvalue weighted by Gasteiger charge is -2.11. The van der Waals surface area contributed by atoms with Crippen LogP contribution in [0, 0.1) is 5.92 Å². The second-order valence-electron chi connectivity index (χ2n) is 8.23. The molecule has 0 saturated carbocycles. The third-order valence-corrected chi connectivity index (χ3v) is 7.33. The lowest BCUT2D eigenvalue weighted by Crippen LogP contribution is -2.26. The van der Waals surface area contributed by atoms with Gasteiger partial charge in [0.05, 0.1) is 22.5 Å². The summed E-state index contributed by atoms with van der Waals surface area (Å²) < 4.78 is 0. The zero-order chi connectivity index (χ0) is 29.5. The van der Waals surface area contributed by atoms with Crippen LogP contribution in [0.1, 0.15) is 88.7 Å². The normalized spacial score (nSPS) is 12.7. The van der Waals surface area contributed by atoms with E-state index in [0.717, 1.165) is 36.1 Å². The van der Waals surface area contributed by atoms with Gasteiger partial charge in [-0.2, -0.15) is 0 Å². The number of thiophene rings is 1. The zero-order valence-electron chi connectivity index (χ0n) is 24.3. The van der Waals surface area contributed by atoms with Crippen molar-refractivity contribution < 1.29 is 24.6 Å². The van der Waals surface area contributed by atoms with Gasteiger partial charge in [0.25, 0.3) is 5.91 Å². The van der Waals surface area contributed by atoms with Crippen LogP contribution in [-0.2, 0) is 16.0 Å². The summed E-state index contributed by atoms with van der Waals surface area (Å²) in [6.07, 6.45) is 14.2. The molecule has 1 rings (SSSR count). The van der Waals surface area contributed by atoms with Gasteiger partial charge in [-0.15, -0.1) is 23.1 Å². The Kier molecular flexibility index (Phi) is 23.3. The predicted molar refractivity (Wildman–Crippen MR) is 164 cm³/mol. The minimum atomic E-state index is -0.933. The number of nitrogens with one attached hydrogen (secondary N) is 1. The molecule has 1 heterocycles. The molecule has 0 aliphatic carbocycles. The zero-order valence-corrected chi connectivity index (χ0v) is 25.9. The molecule has 0 fully saturated rings. The molecular formula is C30H47NO5S2.